The first kappa shape index (κ1) is 28.8. The van der Waals surface area contributed by atoms with Gasteiger partial charge in [0.1, 0.15) is 0 Å². The maximum atomic E-state index is 10.6. The maximum absolute atomic E-state index is 10.6. The average Bonchev–Trinajstić information content (AvgIpc) is 3.70. The number of aromatic nitrogens is 2. The smallest absolute Gasteiger partial charge is 0.0998 e. The van der Waals surface area contributed by atoms with E-state index in [2.05, 4.69) is 106 Å². The molecule has 0 spiro atoms. The summed E-state index contributed by atoms with van der Waals surface area (Å²) in [5, 5.41) is 34.3. The highest BCUT2D eigenvalue weighted by atomic mass is 15.0. The van der Waals surface area contributed by atoms with Crippen molar-refractivity contribution in [1.29, 1.82) is 15.8 Å². The number of nitriles is 3. The SMILES string of the molecule is N#Cc1ccc2c(c1)c1c(C#N)cccc1n2-c1ccccc1-c1ccc(-c2cccc(-n3c4ccccc4c4ccccc43)c2)cc1C#N. The lowest BCUT2D eigenvalue weighted by Gasteiger charge is -2.16. The molecule has 0 amide bonds. The van der Waals surface area contributed by atoms with E-state index in [0.717, 1.165) is 66.5 Å². The third-order valence-electron chi connectivity index (χ3n) is 9.63. The van der Waals surface area contributed by atoms with Crippen molar-refractivity contribution in [3.8, 4) is 51.8 Å². The molecule has 0 aliphatic carbocycles. The van der Waals surface area contributed by atoms with Crippen LogP contribution in [0.15, 0.2) is 152 Å². The summed E-state index contributed by atoms with van der Waals surface area (Å²) in [6.07, 6.45) is 0. The lowest BCUT2D eigenvalue weighted by atomic mass is 9.94. The van der Waals surface area contributed by atoms with Gasteiger partial charge >= 0.3 is 0 Å². The maximum Gasteiger partial charge on any atom is 0.0998 e. The fourth-order valence-corrected chi connectivity index (χ4v) is 7.47. The standard InChI is InChI=1S/C45H25N5/c46-26-29-19-22-43-39(23-29)45-32(27-47)10-8-18-44(45)50(43)42-17-6-1-12-36(42)35-21-20-31(24-33(35)28-48)30-9-7-11-34(25-30)49-40-15-4-2-13-37(40)38-14-3-5-16-41(38)49/h1-25H. The fourth-order valence-electron chi connectivity index (χ4n) is 7.47. The Kier molecular flexibility index (Phi) is 6.56. The monoisotopic (exact) mass is 635 g/mol. The normalized spacial score (nSPS) is 11.1. The second kappa shape index (κ2) is 11.4. The molecule has 50 heavy (non-hydrogen) atoms. The molecule has 0 aliphatic rings. The Morgan fingerprint density at radius 3 is 1.82 bits per heavy atom. The Bertz CT molecular complexity index is 2920. The molecule has 7 aromatic carbocycles. The molecule has 0 saturated heterocycles. The molecule has 9 aromatic rings. The minimum atomic E-state index is 0.530. The van der Waals surface area contributed by atoms with E-state index < -0.39 is 0 Å². The number of hydrogen-bond donors (Lipinski definition) is 0. The Morgan fingerprint density at radius 2 is 1.06 bits per heavy atom. The van der Waals surface area contributed by atoms with Crippen LogP contribution in [0.5, 0.6) is 0 Å². The van der Waals surface area contributed by atoms with Crippen LogP contribution in [0.1, 0.15) is 16.7 Å². The van der Waals surface area contributed by atoms with Gasteiger partial charge in [0.05, 0.1) is 62.7 Å². The van der Waals surface area contributed by atoms with Gasteiger partial charge in [-0.3, -0.25) is 0 Å². The second-order valence-electron chi connectivity index (χ2n) is 12.3. The first-order valence-corrected chi connectivity index (χ1v) is 16.3. The molecule has 0 saturated carbocycles. The number of rotatable bonds is 4. The summed E-state index contributed by atoms with van der Waals surface area (Å²) in [5.41, 5.74) is 11.3. The van der Waals surface area contributed by atoms with Crippen LogP contribution in [0.2, 0.25) is 0 Å². The minimum Gasteiger partial charge on any atom is -0.309 e. The zero-order valence-electron chi connectivity index (χ0n) is 26.7. The van der Waals surface area contributed by atoms with E-state index in [-0.39, 0.29) is 0 Å². The van der Waals surface area contributed by atoms with Crippen molar-refractivity contribution < 1.29 is 0 Å². The summed E-state index contributed by atoms with van der Waals surface area (Å²) in [6.45, 7) is 0. The van der Waals surface area contributed by atoms with Gasteiger partial charge in [-0.1, -0.05) is 84.9 Å². The molecular formula is C45H25N5. The number of hydrogen-bond acceptors (Lipinski definition) is 3. The van der Waals surface area contributed by atoms with Gasteiger partial charge < -0.3 is 9.13 Å². The molecule has 5 heteroatoms. The highest BCUT2D eigenvalue weighted by molar-refractivity contribution is 6.13. The molecule has 9 rings (SSSR count). The molecule has 0 fully saturated rings. The Hall–Kier alpha value is -7.39. The van der Waals surface area contributed by atoms with Crippen LogP contribution in [0, 0.1) is 34.0 Å². The first-order valence-electron chi connectivity index (χ1n) is 16.3. The zero-order chi connectivity index (χ0) is 33.8. The van der Waals surface area contributed by atoms with Crippen LogP contribution in [0.3, 0.4) is 0 Å². The van der Waals surface area contributed by atoms with E-state index in [1.54, 1.807) is 12.1 Å². The Morgan fingerprint density at radius 1 is 0.400 bits per heavy atom. The third kappa shape index (κ3) is 4.31. The number of benzene rings is 7. The van der Waals surface area contributed by atoms with E-state index in [1.807, 2.05) is 60.7 Å². The quantitative estimate of drug-likeness (QED) is 0.193. The highest BCUT2D eigenvalue weighted by Gasteiger charge is 2.20. The summed E-state index contributed by atoms with van der Waals surface area (Å²) in [7, 11) is 0. The van der Waals surface area contributed by atoms with E-state index in [4.69, 9.17) is 0 Å². The molecule has 2 heterocycles. The van der Waals surface area contributed by atoms with Crippen molar-refractivity contribution in [3.05, 3.63) is 168 Å². The van der Waals surface area contributed by atoms with Crippen molar-refractivity contribution in [2.75, 3.05) is 0 Å². The second-order valence-corrected chi connectivity index (χ2v) is 12.3. The lowest BCUT2D eigenvalue weighted by molar-refractivity contribution is 1.18. The lowest BCUT2D eigenvalue weighted by Crippen LogP contribution is -1.98. The van der Waals surface area contributed by atoms with Crippen molar-refractivity contribution in [2.24, 2.45) is 0 Å². The summed E-state index contributed by atoms with van der Waals surface area (Å²) in [5.74, 6) is 0. The van der Waals surface area contributed by atoms with Gasteiger partial charge in [0.15, 0.2) is 0 Å². The van der Waals surface area contributed by atoms with E-state index in [9.17, 15) is 15.8 Å². The number of fused-ring (bicyclic) bond motifs is 6. The summed E-state index contributed by atoms with van der Waals surface area (Å²) >= 11 is 0. The number of nitrogens with zero attached hydrogens (tertiary/aromatic N) is 5. The van der Waals surface area contributed by atoms with Gasteiger partial charge in [-0.2, -0.15) is 15.8 Å². The predicted molar refractivity (Wildman–Crippen MR) is 200 cm³/mol. The Labute approximate surface area is 287 Å². The molecular weight excluding hydrogens is 611 g/mol. The van der Waals surface area contributed by atoms with Crippen LogP contribution >= 0.6 is 0 Å². The molecule has 230 valence electrons. The van der Waals surface area contributed by atoms with Crippen LogP contribution in [0.4, 0.5) is 0 Å². The van der Waals surface area contributed by atoms with Crippen molar-refractivity contribution >= 4 is 43.6 Å². The van der Waals surface area contributed by atoms with Gasteiger partial charge in [-0.25, -0.2) is 0 Å². The van der Waals surface area contributed by atoms with Crippen molar-refractivity contribution in [3.63, 3.8) is 0 Å². The molecule has 0 unspecified atom stereocenters. The summed E-state index contributed by atoms with van der Waals surface area (Å²) in [6, 6.07) is 57.8. The van der Waals surface area contributed by atoms with Gasteiger partial charge in [0, 0.05) is 38.4 Å². The fraction of sp³-hybridized carbons (Fsp3) is 0. The van der Waals surface area contributed by atoms with E-state index >= 15 is 0 Å². The van der Waals surface area contributed by atoms with E-state index in [0.29, 0.717) is 16.7 Å². The molecule has 0 atom stereocenters. The largest absolute Gasteiger partial charge is 0.309 e. The Balaban J connectivity index is 1.20. The topological polar surface area (TPSA) is 81.2 Å². The zero-order valence-corrected chi connectivity index (χ0v) is 26.7. The average molecular weight is 636 g/mol. The molecule has 0 bridgehead atoms. The van der Waals surface area contributed by atoms with Gasteiger partial charge in [0.25, 0.3) is 0 Å². The van der Waals surface area contributed by atoms with Crippen LogP contribution < -0.4 is 0 Å². The molecule has 0 radical (unpaired) electrons. The first-order chi connectivity index (χ1) is 24.7. The summed E-state index contributed by atoms with van der Waals surface area (Å²) in [4.78, 5) is 0. The van der Waals surface area contributed by atoms with Gasteiger partial charge in [-0.15, -0.1) is 0 Å². The van der Waals surface area contributed by atoms with Crippen LogP contribution in [-0.4, -0.2) is 9.13 Å². The van der Waals surface area contributed by atoms with E-state index in [1.165, 1.54) is 10.8 Å². The van der Waals surface area contributed by atoms with Crippen molar-refractivity contribution in [1.82, 2.24) is 9.13 Å². The van der Waals surface area contributed by atoms with Crippen LogP contribution in [0.25, 0.3) is 77.2 Å². The van der Waals surface area contributed by atoms with Crippen molar-refractivity contribution in [2.45, 2.75) is 0 Å². The van der Waals surface area contributed by atoms with Gasteiger partial charge in [-0.05, 0) is 77.9 Å². The van der Waals surface area contributed by atoms with Crippen LogP contribution in [-0.2, 0) is 0 Å². The minimum absolute atomic E-state index is 0.530. The molecule has 0 aliphatic heterocycles. The molecule has 5 nitrogen and oxygen atoms in total. The highest BCUT2D eigenvalue weighted by Crippen LogP contribution is 2.40. The number of para-hydroxylation sites is 3. The summed E-state index contributed by atoms with van der Waals surface area (Å²) < 4.78 is 4.43. The van der Waals surface area contributed by atoms with Gasteiger partial charge in [0.2, 0.25) is 0 Å². The third-order valence-corrected chi connectivity index (χ3v) is 9.63. The molecule has 0 N–H and O–H groups in total. The predicted octanol–water partition coefficient (Wildman–Crippen LogP) is 10.8. The molecule has 2 aromatic heterocycles.